The second-order valence-corrected chi connectivity index (χ2v) is 9.11. The number of ether oxygens (including phenoxy) is 2. The van der Waals surface area contributed by atoms with Crippen LogP contribution in [0.15, 0.2) is 54.6 Å². The fourth-order valence-corrected chi connectivity index (χ4v) is 4.63. The number of hydrogen-bond acceptors (Lipinski definition) is 5. The quantitative estimate of drug-likeness (QED) is 0.669. The van der Waals surface area contributed by atoms with Crippen LogP contribution in [0.5, 0.6) is 5.75 Å². The molecule has 2 fully saturated rings. The highest BCUT2D eigenvalue weighted by Crippen LogP contribution is 2.33. The van der Waals surface area contributed by atoms with E-state index in [1.165, 1.54) is 0 Å². The molecule has 2 amide bonds. The predicted octanol–water partition coefficient (Wildman–Crippen LogP) is 2.17. The van der Waals surface area contributed by atoms with E-state index in [1.54, 1.807) is 0 Å². The number of para-hydroxylation sites is 1. The molecule has 1 saturated carbocycles. The number of fused-ring (bicyclic) bond motifs is 1. The number of rotatable bonds is 8. The topological polar surface area (TPSA) is 71.1 Å². The van der Waals surface area contributed by atoms with Crippen molar-refractivity contribution < 1.29 is 19.1 Å². The Morgan fingerprint density at radius 3 is 2.67 bits per heavy atom. The van der Waals surface area contributed by atoms with Gasteiger partial charge < -0.3 is 19.7 Å². The van der Waals surface area contributed by atoms with E-state index in [2.05, 4.69) is 22.3 Å². The molecular formula is C26H31N3O4. The lowest BCUT2D eigenvalue weighted by Crippen LogP contribution is -2.51. The van der Waals surface area contributed by atoms with Gasteiger partial charge in [0.15, 0.2) is 0 Å². The van der Waals surface area contributed by atoms with E-state index in [4.69, 9.17) is 9.47 Å². The first-order valence-electron chi connectivity index (χ1n) is 11.8. The average molecular weight is 450 g/mol. The molecule has 174 valence electrons. The Labute approximate surface area is 194 Å². The second kappa shape index (κ2) is 9.93. The summed E-state index contributed by atoms with van der Waals surface area (Å²) < 4.78 is 11.5. The summed E-state index contributed by atoms with van der Waals surface area (Å²) in [6, 6.07) is 18.2. The van der Waals surface area contributed by atoms with Gasteiger partial charge in [-0.3, -0.25) is 14.5 Å². The number of amides is 2. The molecule has 2 unspecified atom stereocenters. The zero-order chi connectivity index (χ0) is 22.6. The summed E-state index contributed by atoms with van der Waals surface area (Å²) in [5.41, 5.74) is 2.10. The van der Waals surface area contributed by atoms with Gasteiger partial charge in [0.05, 0.1) is 19.3 Å². The van der Waals surface area contributed by atoms with Gasteiger partial charge in [0.25, 0.3) is 0 Å². The maximum absolute atomic E-state index is 13.1. The van der Waals surface area contributed by atoms with Crippen LogP contribution in [0.25, 0.3) is 0 Å². The van der Waals surface area contributed by atoms with E-state index in [9.17, 15) is 9.59 Å². The number of nitrogens with one attached hydrogen (secondary N) is 1. The Balaban J connectivity index is 1.12. The lowest BCUT2D eigenvalue weighted by molar-refractivity contribution is -0.136. The molecule has 2 atom stereocenters. The van der Waals surface area contributed by atoms with Crippen LogP contribution in [0.1, 0.15) is 29.9 Å². The number of nitrogens with zero attached hydrogens (tertiary/aromatic N) is 2. The molecule has 0 aromatic heterocycles. The maximum Gasteiger partial charge on any atom is 0.237 e. The van der Waals surface area contributed by atoms with Crippen molar-refractivity contribution in [3.8, 4) is 5.75 Å². The van der Waals surface area contributed by atoms with Crippen molar-refractivity contribution in [2.75, 3.05) is 39.4 Å². The van der Waals surface area contributed by atoms with Gasteiger partial charge in [-0.15, -0.1) is 0 Å². The van der Waals surface area contributed by atoms with E-state index in [1.807, 2.05) is 47.4 Å². The number of carbonyl (C=O) groups excluding carboxylic acids is 2. The van der Waals surface area contributed by atoms with Gasteiger partial charge in [0, 0.05) is 37.8 Å². The first-order valence-corrected chi connectivity index (χ1v) is 11.8. The molecule has 1 aliphatic carbocycles. The van der Waals surface area contributed by atoms with E-state index in [0.29, 0.717) is 45.4 Å². The fraction of sp³-hybridized carbons (Fsp3) is 0.462. The van der Waals surface area contributed by atoms with Crippen molar-refractivity contribution >= 4 is 11.8 Å². The van der Waals surface area contributed by atoms with E-state index in [0.717, 1.165) is 36.3 Å². The van der Waals surface area contributed by atoms with Crippen LogP contribution < -0.4 is 10.1 Å². The number of morpholine rings is 1. The van der Waals surface area contributed by atoms with Crippen molar-refractivity contribution in [3.05, 3.63) is 65.7 Å². The smallest absolute Gasteiger partial charge is 0.237 e. The molecule has 2 aromatic carbocycles. The third-order valence-electron chi connectivity index (χ3n) is 6.61. The standard InChI is InChI=1S/C26H31N3O4/c30-25(29(20-10-11-20)15-19-6-2-1-3-7-19)17-28-12-13-32-21(16-28)14-27-26(31)23-18-33-24-9-5-4-8-22(23)24/h1-9,20-21,23H,10-18H2,(H,27,31). The lowest BCUT2D eigenvalue weighted by atomic mass is 10.0. The van der Waals surface area contributed by atoms with Crippen molar-refractivity contribution in [1.82, 2.24) is 15.1 Å². The SMILES string of the molecule is O=C(NCC1CN(CC(=O)N(Cc2ccccc2)C2CC2)CCO1)C1COc2ccccc21. The minimum atomic E-state index is -0.285. The number of carbonyl (C=O) groups is 2. The summed E-state index contributed by atoms with van der Waals surface area (Å²) in [6.07, 6.45) is 2.05. The third kappa shape index (κ3) is 5.37. The number of hydrogen-bond donors (Lipinski definition) is 1. The molecule has 1 N–H and O–H groups in total. The molecule has 5 rings (SSSR count). The highest BCUT2D eigenvalue weighted by Gasteiger charge is 2.34. The summed E-state index contributed by atoms with van der Waals surface area (Å²) in [4.78, 5) is 30.0. The molecular weight excluding hydrogens is 418 g/mol. The molecule has 0 bridgehead atoms. The molecule has 2 aliphatic heterocycles. The van der Waals surface area contributed by atoms with Gasteiger partial charge in [0.1, 0.15) is 18.3 Å². The number of benzene rings is 2. The molecule has 0 radical (unpaired) electrons. The van der Waals surface area contributed by atoms with Crippen LogP contribution in [0.2, 0.25) is 0 Å². The Hall–Kier alpha value is -2.90. The minimum Gasteiger partial charge on any atom is -0.492 e. The van der Waals surface area contributed by atoms with Gasteiger partial charge in [0.2, 0.25) is 11.8 Å². The Bertz CT molecular complexity index is 979. The fourth-order valence-electron chi connectivity index (χ4n) is 4.63. The average Bonchev–Trinajstić information content (AvgIpc) is 3.59. The Morgan fingerprint density at radius 2 is 1.85 bits per heavy atom. The predicted molar refractivity (Wildman–Crippen MR) is 124 cm³/mol. The van der Waals surface area contributed by atoms with Crippen molar-refractivity contribution in [2.24, 2.45) is 0 Å². The van der Waals surface area contributed by atoms with Gasteiger partial charge in [-0.1, -0.05) is 48.5 Å². The zero-order valence-corrected chi connectivity index (χ0v) is 18.8. The van der Waals surface area contributed by atoms with E-state index in [-0.39, 0.29) is 23.8 Å². The summed E-state index contributed by atoms with van der Waals surface area (Å²) in [5, 5.41) is 3.03. The Morgan fingerprint density at radius 1 is 1.06 bits per heavy atom. The van der Waals surface area contributed by atoms with Crippen LogP contribution >= 0.6 is 0 Å². The third-order valence-corrected chi connectivity index (χ3v) is 6.61. The van der Waals surface area contributed by atoms with Crippen LogP contribution in [-0.2, 0) is 20.9 Å². The highest BCUT2D eigenvalue weighted by molar-refractivity contribution is 5.85. The lowest BCUT2D eigenvalue weighted by Gasteiger charge is -2.34. The minimum absolute atomic E-state index is 0.0421. The van der Waals surface area contributed by atoms with Gasteiger partial charge in [-0.2, -0.15) is 0 Å². The zero-order valence-electron chi connectivity index (χ0n) is 18.8. The summed E-state index contributed by atoms with van der Waals surface area (Å²) in [6.45, 7) is 3.77. The van der Waals surface area contributed by atoms with Crippen LogP contribution in [0, 0.1) is 0 Å². The monoisotopic (exact) mass is 449 g/mol. The largest absolute Gasteiger partial charge is 0.492 e. The molecule has 2 heterocycles. The summed E-state index contributed by atoms with van der Waals surface area (Å²) in [7, 11) is 0. The molecule has 33 heavy (non-hydrogen) atoms. The summed E-state index contributed by atoms with van der Waals surface area (Å²) in [5.74, 6) is 0.629. The van der Waals surface area contributed by atoms with Gasteiger partial charge in [-0.25, -0.2) is 0 Å². The van der Waals surface area contributed by atoms with Gasteiger partial charge >= 0.3 is 0 Å². The van der Waals surface area contributed by atoms with Crippen molar-refractivity contribution in [3.63, 3.8) is 0 Å². The van der Waals surface area contributed by atoms with Crippen molar-refractivity contribution in [1.29, 1.82) is 0 Å². The normalized spacial score (nSPS) is 22.3. The van der Waals surface area contributed by atoms with Crippen molar-refractivity contribution in [2.45, 2.75) is 37.5 Å². The first-order chi connectivity index (χ1) is 16.2. The molecule has 3 aliphatic rings. The Kier molecular flexibility index (Phi) is 6.60. The molecule has 7 nitrogen and oxygen atoms in total. The van der Waals surface area contributed by atoms with Gasteiger partial charge in [-0.05, 0) is 24.5 Å². The second-order valence-electron chi connectivity index (χ2n) is 9.11. The first kappa shape index (κ1) is 21.9. The molecule has 2 aromatic rings. The molecule has 0 spiro atoms. The maximum atomic E-state index is 13.1. The van der Waals surface area contributed by atoms with E-state index < -0.39 is 0 Å². The molecule has 1 saturated heterocycles. The van der Waals surface area contributed by atoms with Crippen LogP contribution in [0.3, 0.4) is 0 Å². The van der Waals surface area contributed by atoms with Crippen LogP contribution in [0.4, 0.5) is 0 Å². The van der Waals surface area contributed by atoms with E-state index >= 15 is 0 Å². The summed E-state index contributed by atoms with van der Waals surface area (Å²) >= 11 is 0. The van der Waals surface area contributed by atoms with Crippen LogP contribution in [-0.4, -0.2) is 73.2 Å². The molecule has 7 heteroatoms. The highest BCUT2D eigenvalue weighted by atomic mass is 16.5.